The van der Waals surface area contributed by atoms with Crippen molar-refractivity contribution in [3.8, 4) is 5.75 Å². The van der Waals surface area contributed by atoms with Crippen molar-refractivity contribution in [2.24, 2.45) is 4.99 Å². The number of furan rings is 1. The van der Waals surface area contributed by atoms with Crippen molar-refractivity contribution < 1.29 is 9.15 Å². The van der Waals surface area contributed by atoms with Crippen molar-refractivity contribution in [2.75, 3.05) is 6.54 Å². The number of ether oxygens (including phenoxy) is 1. The van der Waals surface area contributed by atoms with Gasteiger partial charge in [-0.2, -0.15) is 0 Å². The third-order valence-electron chi connectivity index (χ3n) is 7.09. The van der Waals surface area contributed by atoms with Crippen LogP contribution in [0.1, 0.15) is 36.1 Å². The van der Waals surface area contributed by atoms with Crippen molar-refractivity contribution >= 4 is 33.8 Å². The van der Waals surface area contributed by atoms with E-state index in [-0.39, 0.29) is 5.54 Å². The Morgan fingerprint density at radius 1 is 0.969 bits per heavy atom. The second-order valence-corrected chi connectivity index (χ2v) is 9.35. The van der Waals surface area contributed by atoms with Gasteiger partial charge in [0.05, 0.1) is 11.6 Å². The molecule has 1 aromatic heterocycles. The molecular weight excluding hydrogens is 396 g/mol. The molecule has 32 heavy (non-hydrogen) atoms. The Kier molecular flexibility index (Phi) is 3.82. The number of hydrogen-bond acceptors (Lipinski definition) is 4. The average molecular weight is 423 g/mol. The number of aryl methyl sites for hydroxylation is 2. The first-order valence-electron chi connectivity index (χ1n) is 11.1. The lowest BCUT2D eigenvalue weighted by Crippen LogP contribution is -2.54. The maximum atomic E-state index is 6.96. The molecule has 1 unspecified atom stereocenters. The maximum Gasteiger partial charge on any atom is 0.227 e. The molecule has 0 amide bonds. The van der Waals surface area contributed by atoms with Crippen molar-refractivity contribution in [3.05, 3.63) is 83.4 Å². The van der Waals surface area contributed by atoms with Crippen LogP contribution in [0.15, 0.2) is 70.6 Å². The number of para-hydroxylation sites is 1. The van der Waals surface area contributed by atoms with Crippen molar-refractivity contribution in [1.29, 1.82) is 0 Å². The molecule has 3 heterocycles. The van der Waals surface area contributed by atoms with E-state index in [9.17, 15) is 0 Å². The number of nitrogens with zero attached hydrogens (tertiary/aromatic N) is 2. The highest BCUT2D eigenvalue weighted by molar-refractivity contribution is 6.13. The topological polar surface area (TPSA) is 38.0 Å². The monoisotopic (exact) mass is 422 g/mol. The second kappa shape index (κ2) is 6.33. The van der Waals surface area contributed by atoms with Crippen LogP contribution in [0.2, 0.25) is 0 Å². The Morgan fingerprint density at radius 3 is 2.50 bits per heavy atom. The van der Waals surface area contributed by atoms with Gasteiger partial charge in [-0.05, 0) is 62.6 Å². The van der Waals surface area contributed by atoms with Crippen LogP contribution in [-0.2, 0) is 11.3 Å². The summed E-state index contributed by atoms with van der Waals surface area (Å²) in [6.07, 6.45) is 3.93. The first kappa shape index (κ1) is 19.3. The molecule has 3 aromatic carbocycles. The van der Waals surface area contributed by atoms with Crippen LogP contribution in [0.3, 0.4) is 0 Å². The van der Waals surface area contributed by atoms with Gasteiger partial charge in [-0.3, -0.25) is 4.99 Å². The minimum atomic E-state index is -0.788. The normalized spacial score (nSPS) is 21.1. The molecule has 0 saturated heterocycles. The van der Waals surface area contributed by atoms with E-state index in [4.69, 9.17) is 14.1 Å². The van der Waals surface area contributed by atoms with Crippen LogP contribution < -0.4 is 4.74 Å². The average Bonchev–Trinajstić information content (AvgIpc) is 3.24. The molecule has 4 heteroatoms. The van der Waals surface area contributed by atoms with Gasteiger partial charge in [0, 0.05) is 23.0 Å². The summed E-state index contributed by atoms with van der Waals surface area (Å²) >= 11 is 0. The molecule has 0 fully saturated rings. The zero-order valence-electron chi connectivity index (χ0n) is 18.9. The maximum absolute atomic E-state index is 6.96. The Balaban J connectivity index is 1.64. The van der Waals surface area contributed by atoms with Crippen molar-refractivity contribution in [3.63, 3.8) is 0 Å². The number of hydrogen-bond donors (Lipinski definition) is 0. The van der Waals surface area contributed by atoms with Gasteiger partial charge in [-0.15, -0.1) is 6.58 Å². The summed E-state index contributed by atoms with van der Waals surface area (Å²) in [5, 5.41) is 2.05. The first-order chi connectivity index (χ1) is 15.4. The Bertz CT molecular complexity index is 1460. The standard InChI is InChI=1S/C28H26N2O2/c1-6-15-30-27(4,5)24-17(2)11-12-18(3)25(24)28(30)16-29-26-22(32-28)14-13-21-23(26)19-9-7-8-10-20(19)31-21/h6-14,16H,1,15H2,2-5H3. The Morgan fingerprint density at radius 2 is 1.72 bits per heavy atom. The number of benzene rings is 3. The van der Waals surface area contributed by atoms with Gasteiger partial charge in [-0.1, -0.05) is 36.4 Å². The molecule has 0 radical (unpaired) electrons. The molecule has 1 atom stereocenters. The molecule has 4 aromatic rings. The van der Waals surface area contributed by atoms with Crippen molar-refractivity contribution in [1.82, 2.24) is 4.90 Å². The fourth-order valence-electron chi connectivity index (χ4n) is 5.82. The molecule has 2 aliphatic heterocycles. The first-order valence-corrected chi connectivity index (χ1v) is 11.1. The Labute approximate surface area is 187 Å². The molecule has 4 nitrogen and oxygen atoms in total. The lowest BCUT2D eigenvalue weighted by Gasteiger charge is -2.43. The van der Waals surface area contributed by atoms with E-state index in [1.807, 2.05) is 42.6 Å². The summed E-state index contributed by atoms with van der Waals surface area (Å²) in [4.78, 5) is 7.42. The van der Waals surface area contributed by atoms with Crippen LogP contribution in [-0.4, -0.2) is 17.7 Å². The van der Waals surface area contributed by atoms with E-state index in [1.54, 1.807) is 0 Å². The molecular formula is C28H26N2O2. The van der Waals surface area contributed by atoms with Crippen LogP contribution in [0.5, 0.6) is 5.75 Å². The summed E-state index contributed by atoms with van der Waals surface area (Å²) in [6, 6.07) is 16.4. The van der Waals surface area contributed by atoms with Crippen LogP contribution in [0, 0.1) is 13.8 Å². The van der Waals surface area contributed by atoms with Gasteiger partial charge < -0.3 is 9.15 Å². The fraction of sp³-hybridized carbons (Fsp3) is 0.250. The van der Waals surface area contributed by atoms with Gasteiger partial charge in [0.25, 0.3) is 0 Å². The highest BCUT2D eigenvalue weighted by Crippen LogP contribution is 2.55. The summed E-state index contributed by atoms with van der Waals surface area (Å²) < 4.78 is 13.0. The van der Waals surface area contributed by atoms with E-state index >= 15 is 0 Å². The lowest BCUT2D eigenvalue weighted by atomic mass is 9.86. The van der Waals surface area contributed by atoms with Crippen LogP contribution in [0.25, 0.3) is 21.9 Å². The second-order valence-electron chi connectivity index (χ2n) is 9.35. The minimum Gasteiger partial charge on any atom is -0.461 e. The molecule has 160 valence electrons. The third kappa shape index (κ3) is 2.28. The fourth-order valence-corrected chi connectivity index (χ4v) is 5.82. The predicted octanol–water partition coefficient (Wildman–Crippen LogP) is 6.89. The molecule has 2 aliphatic rings. The zero-order valence-corrected chi connectivity index (χ0v) is 18.9. The van der Waals surface area contributed by atoms with Gasteiger partial charge in [0.15, 0.2) is 0 Å². The number of aliphatic imine (C=N–C) groups is 1. The highest BCUT2D eigenvalue weighted by Gasteiger charge is 2.57. The summed E-state index contributed by atoms with van der Waals surface area (Å²) in [6.45, 7) is 13.6. The van der Waals surface area contributed by atoms with E-state index in [1.165, 1.54) is 22.3 Å². The summed E-state index contributed by atoms with van der Waals surface area (Å²) in [5.41, 5.74) is 6.45. The van der Waals surface area contributed by atoms with Crippen molar-refractivity contribution in [2.45, 2.75) is 39.0 Å². The van der Waals surface area contributed by atoms with E-state index < -0.39 is 5.72 Å². The van der Waals surface area contributed by atoms with Gasteiger partial charge in [0.1, 0.15) is 22.6 Å². The summed E-state index contributed by atoms with van der Waals surface area (Å²) in [7, 11) is 0. The zero-order chi connectivity index (χ0) is 22.3. The third-order valence-corrected chi connectivity index (χ3v) is 7.09. The number of rotatable bonds is 2. The largest absolute Gasteiger partial charge is 0.461 e. The number of fused-ring (bicyclic) bond motifs is 7. The summed E-state index contributed by atoms with van der Waals surface area (Å²) in [5.74, 6) is 0.769. The smallest absolute Gasteiger partial charge is 0.227 e. The molecule has 6 rings (SSSR count). The van der Waals surface area contributed by atoms with Gasteiger partial charge in [0.2, 0.25) is 5.72 Å². The van der Waals surface area contributed by atoms with Gasteiger partial charge in [-0.25, -0.2) is 4.90 Å². The highest BCUT2D eigenvalue weighted by atomic mass is 16.5. The molecule has 1 spiro atoms. The minimum absolute atomic E-state index is 0.240. The van der Waals surface area contributed by atoms with Gasteiger partial charge >= 0.3 is 0 Å². The quantitative estimate of drug-likeness (QED) is 0.330. The van der Waals surface area contributed by atoms with Crippen LogP contribution in [0.4, 0.5) is 5.69 Å². The molecule has 0 saturated carbocycles. The Hall–Kier alpha value is -3.37. The lowest BCUT2D eigenvalue weighted by molar-refractivity contribution is -0.0592. The predicted molar refractivity (Wildman–Crippen MR) is 130 cm³/mol. The van der Waals surface area contributed by atoms with E-state index in [0.29, 0.717) is 6.54 Å². The molecule has 0 aliphatic carbocycles. The molecule has 0 N–H and O–H groups in total. The van der Waals surface area contributed by atoms with E-state index in [2.05, 4.69) is 57.4 Å². The van der Waals surface area contributed by atoms with E-state index in [0.717, 1.165) is 33.4 Å². The SMILES string of the molecule is C=CCN1C(C)(C)c2c(C)ccc(C)c2C12C=Nc1c(ccc3oc4ccccc4c13)O2. The molecule has 0 bridgehead atoms. The van der Waals surface area contributed by atoms with Crippen LogP contribution >= 0.6 is 0 Å².